The highest BCUT2D eigenvalue weighted by Gasteiger charge is 2.51. The summed E-state index contributed by atoms with van der Waals surface area (Å²) in [7, 11) is 2.15. The lowest BCUT2D eigenvalue weighted by atomic mass is 9.94. The maximum atomic E-state index is 12.6. The predicted molar refractivity (Wildman–Crippen MR) is 85.0 cm³/mol. The van der Waals surface area contributed by atoms with Crippen LogP contribution >= 0.6 is 0 Å². The van der Waals surface area contributed by atoms with Gasteiger partial charge in [-0.2, -0.15) is 0 Å². The van der Waals surface area contributed by atoms with Crippen LogP contribution in [-0.2, 0) is 10.2 Å². The highest BCUT2D eigenvalue weighted by atomic mass is 16.2. The highest BCUT2D eigenvalue weighted by Crippen LogP contribution is 2.48. The van der Waals surface area contributed by atoms with Crippen molar-refractivity contribution in [1.82, 2.24) is 10.2 Å². The SMILES string of the molecule is CC(CNC(=O)C1(c2ccc(N)cc2)CC1)N(C)C1CC1. The van der Waals surface area contributed by atoms with Gasteiger partial charge in [0.15, 0.2) is 0 Å². The number of hydrogen-bond acceptors (Lipinski definition) is 3. The normalized spacial score (nSPS) is 21.1. The van der Waals surface area contributed by atoms with Gasteiger partial charge in [0.2, 0.25) is 5.91 Å². The fourth-order valence-corrected chi connectivity index (χ4v) is 2.97. The minimum absolute atomic E-state index is 0.170. The summed E-state index contributed by atoms with van der Waals surface area (Å²) < 4.78 is 0. The Labute approximate surface area is 126 Å². The number of carbonyl (C=O) groups is 1. The lowest BCUT2D eigenvalue weighted by Crippen LogP contribution is -2.44. The van der Waals surface area contributed by atoms with Gasteiger partial charge >= 0.3 is 0 Å². The van der Waals surface area contributed by atoms with Gasteiger partial charge in [-0.15, -0.1) is 0 Å². The molecule has 0 aromatic heterocycles. The van der Waals surface area contributed by atoms with Crippen molar-refractivity contribution in [2.75, 3.05) is 19.3 Å². The van der Waals surface area contributed by atoms with Gasteiger partial charge in [-0.3, -0.25) is 9.69 Å². The van der Waals surface area contributed by atoms with Crippen LogP contribution in [0.3, 0.4) is 0 Å². The van der Waals surface area contributed by atoms with Crippen LogP contribution in [0, 0.1) is 0 Å². The zero-order valence-corrected chi connectivity index (χ0v) is 12.9. The van der Waals surface area contributed by atoms with E-state index in [9.17, 15) is 4.79 Å². The predicted octanol–water partition coefficient (Wildman–Crippen LogP) is 1.90. The quantitative estimate of drug-likeness (QED) is 0.786. The Kier molecular flexibility index (Phi) is 3.66. The second-order valence-corrected chi connectivity index (χ2v) is 6.66. The van der Waals surface area contributed by atoms with E-state index in [-0.39, 0.29) is 11.3 Å². The second-order valence-electron chi connectivity index (χ2n) is 6.66. The van der Waals surface area contributed by atoms with Crippen molar-refractivity contribution in [3.63, 3.8) is 0 Å². The first-order valence-corrected chi connectivity index (χ1v) is 7.89. The van der Waals surface area contributed by atoms with Gasteiger partial charge in [-0.25, -0.2) is 0 Å². The van der Waals surface area contributed by atoms with Gasteiger partial charge in [0.1, 0.15) is 0 Å². The number of nitrogens with one attached hydrogen (secondary N) is 1. The first-order chi connectivity index (χ1) is 10.0. The Morgan fingerprint density at radius 1 is 1.38 bits per heavy atom. The van der Waals surface area contributed by atoms with Crippen molar-refractivity contribution in [3.05, 3.63) is 29.8 Å². The first-order valence-electron chi connectivity index (χ1n) is 7.89. The number of nitrogens with two attached hydrogens (primary N) is 1. The third kappa shape index (κ3) is 2.91. The van der Waals surface area contributed by atoms with E-state index < -0.39 is 0 Å². The molecule has 1 aromatic rings. The molecular weight excluding hydrogens is 262 g/mol. The van der Waals surface area contributed by atoms with Crippen LogP contribution in [0.25, 0.3) is 0 Å². The summed E-state index contributed by atoms with van der Waals surface area (Å²) in [6.45, 7) is 2.91. The number of carbonyl (C=O) groups excluding carboxylic acids is 1. The largest absolute Gasteiger partial charge is 0.399 e. The lowest BCUT2D eigenvalue weighted by molar-refractivity contribution is -0.123. The number of nitrogen functional groups attached to an aromatic ring is 1. The van der Waals surface area contributed by atoms with Crippen molar-refractivity contribution < 1.29 is 4.79 Å². The summed E-state index contributed by atoms with van der Waals surface area (Å²) in [6, 6.07) is 8.86. The molecule has 1 atom stereocenters. The Morgan fingerprint density at radius 2 is 2.00 bits per heavy atom. The molecular formula is C17H25N3O. The van der Waals surface area contributed by atoms with Crippen molar-refractivity contribution in [3.8, 4) is 0 Å². The minimum Gasteiger partial charge on any atom is -0.399 e. The van der Waals surface area contributed by atoms with Gasteiger partial charge in [0.25, 0.3) is 0 Å². The van der Waals surface area contributed by atoms with Crippen LogP contribution in [0.2, 0.25) is 0 Å². The molecule has 4 nitrogen and oxygen atoms in total. The van der Waals surface area contributed by atoms with Crippen LogP contribution < -0.4 is 11.1 Å². The maximum absolute atomic E-state index is 12.6. The van der Waals surface area contributed by atoms with Gasteiger partial charge in [-0.05, 0) is 57.4 Å². The van der Waals surface area contributed by atoms with Gasteiger partial charge in [-0.1, -0.05) is 12.1 Å². The van der Waals surface area contributed by atoms with Crippen LogP contribution in [0.1, 0.15) is 38.2 Å². The topological polar surface area (TPSA) is 58.4 Å². The first kappa shape index (κ1) is 14.4. The van der Waals surface area contributed by atoms with Crippen molar-refractivity contribution in [2.45, 2.75) is 50.1 Å². The molecule has 0 heterocycles. The number of benzene rings is 1. The number of nitrogens with zero attached hydrogens (tertiary/aromatic N) is 1. The molecule has 0 saturated heterocycles. The molecule has 2 aliphatic rings. The summed E-state index contributed by atoms with van der Waals surface area (Å²) >= 11 is 0. The molecule has 4 heteroatoms. The fraction of sp³-hybridized carbons (Fsp3) is 0.588. The number of anilines is 1. The number of hydrogen-bond donors (Lipinski definition) is 2. The Balaban J connectivity index is 1.58. The Hall–Kier alpha value is -1.55. The van der Waals surface area contributed by atoms with Crippen LogP contribution in [0.4, 0.5) is 5.69 Å². The van der Waals surface area contributed by atoms with Crippen molar-refractivity contribution >= 4 is 11.6 Å². The Morgan fingerprint density at radius 3 is 2.52 bits per heavy atom. The van der Waals surface area contributed by atoms with E-state index in [0.717, 1.165) is 36.7 Å². The van der Waals surface area contributed by atoms with Gasteiger partial charge < -0.3 is 11.1 Å². The number of likely N-dealkylation sites (N-methyl/N-ethyl adjacent to an activating group) is 1. The molecule has 0 aliphatic heterocycles. The van der Waals surface area contributed by atoms with Crippen LogP contribution in [-0.4, -0.2) is 36.5 Å². The molecule has 2 fully saturated rings. The number of amides is 1. The molecule has 3 N–H and O–H groups in total. The number of rotatable bonds is 6. The van der Waals surface area contributed by atoms with Gasteiger partial charge in [0, 0.05) is 24.3 Å². The van der Waals surface area contributed by atoms with E-state index >= 15 is 0 Å². The third-order valence-electron chi connectivity index (χ3n) is 5.02. The average molecular weight is 287 g/mol. The second kappa shape index (κ2) is 5.34. The fourth-order valence-electron chi connectivity index (χ4n) is 2.97. The van der Waals surface area contributed by atoms with E-state index in [4.69, 9.17) is 5.73 Å². The molecule has 21 heavy (non-hydrogen) atoms. The molecule has 2 saturated carbocycles. The lowest BCUT2D eigenvalue weighted by Gasteiger charge is -2.26. The van der Waals surface area contributed by atoms with E-state index in [1.165, 1.54) is 12.8 Å². The molecule has 0 spiro atoms. The monoisotopic (exact) mass is 287 g/mol. The zero-order chi connectivity index (χ0) is 15.0. The third-order valence-corrected chi connectivity index (χ3v) is 5.02. The summed E-state index contributed by atoms with van der Waals surface area (Å²) in [5, 5.41) is 3.15. The van der Waals surface area contributed by atoms with Crippen molar-refractivity contribution in [1.29, 1.82) is 0 Å². The molecule has 2 aliphatic carbocycles. The summed E-state index contributed by atoms with van der Waals surface area (Å²) in [6.07, 6.45) is 4.47. The smallest absolute Gasteiger partial charge is 0.230 e. The summed E-state index contributed by atoms with van der Waals surface area (Å²) in [5.41, 5.74) is 7.27. The zero-order valence-electron chi connectivity index (χ0n) is 12.9. The molecule has 1 aromatic carbocycles. The van der Waals surface area contributed by atoms with Crippen LogP contribution in [0.15, 0.2) is 24.3 Å². The van der Waals surface area contributed by atoms with Crippen molar-refractivity contribution in [2.24, 2.45) is 0 Å². The van der Waals surface area contributed by atoms with E-state index in [2.05, 4.69) is 24.2 Å². The molecule has 1 amide bonds. The highest BCUT2D eigenvalue weighted by molar-refractivity contribution is 5.91. The van der Waals surface area contributed by atoms with E-state index in [1.807, 2.05) is 24.3 Å². The van der Waals surface area contributed by atoms with E-state index in [1.54, 1.807) is 0 Å². The maximum Gasteiger partial charge on any atom is 0.230 e. The molecule has 0 bridgehead atoms. The minimum atomic E-state index is -0.300. The standard InChI is InChI=1S/C17H25N3O/c1-12(20(2)15-7-8-15)11-19-16(21)17(9-10-17)13-3-5-14(18)6-4-13/h3-6,12,15H,7-11,18H2,1-2H3,(H,19,21). The Bertz CT molecular complexity index is 517. The van der Waals surface area contributed by atoms with E-state index in [0.29, 0.717) is 6.04 Å². The van der Waals surface area contributed by atoms with Crippen LogP contribution in [0.5, 0.6) is 0 Å². The average Bonchev–Trinajstić information content (AvgIpc) is 3.37. The molecule has 3 rings (SSSR count). The molecule has 1 unspecified atom stereocenters. The molecule has 0 radical (unpaired) electrons. The summed E-state index contributed by atoms with van der Waals surface area (Å²) in [4.78, 5) is 14.9. The summed E-state index contributed by atoms with van der Waals surface area (Å²) in [5.74, 6) is 0.170. The van der Waals surface area contributed by atoms with Gasteiger partial charge in [0.05, 0.1) is 5.41 Å². The molecule has 114 valence electrons.